The Labute approximate surface area is 197 Å². The van der Waals surface area contributed by atoms with Gasteiger partial charge in [0.2, 0.25) is 0 Å². The Morgan fingerprint density at radius 2 is 1.88 bits per heavy atom. The molecule has 5 fully saturated rings. The number of phenols is 1. The van der Waals surface area contributed by atoms with Crippen molar-refractivity contribution in [3.63, 3.8) is 0 Å². The van der Waals surface area contributed by atoms with Crippen LogP contribution in [0.15, 0.2) is 12.1 Å². The summed E-state index contributed by atoms with van der Waals surface area (Å²) < 4.78 is 6.68. The number of nitrogens with zero attached hydrogens (tertiary/aromatic N) is 1. The van der Waals surface area contributed by atoms with Crippen molar-refractivity contribution in [2.24, 2.45) is 22.7 Å². The highest BCUT2D eigenvalue weighted by molar-refractivity contribution is 5.63. The van der Waals surface area contributed by atoms with Crippen LogP contribution < -0.4 is 4.74 Å². The topological polar surface area (TPSA) is 73.2 Å². The number of fused-ring (bicyclic) bond motifs is 2. The number of aliphatic hydroxyl groups is 2. The van der Waals surface area contributed by atoms with E-state index in [2.05, 4.69) is 31.7 Å². The molecule has 1 aromatic rings. The number of rotatable bonds is 3. The van der Waals surface area contributed by atoms with Crippen LogP contribution >= 0.6 is 0 Å². The summed E-state index contributed by atoms with van der Waals surface area (Å²) in [6, 6.07) is 4.30. The lowest BCUT2D eigenvalue weighted by molar-refractivity contribution is -0.305. The molecule has 0 amide bonds. The van der Waals surface area contributed by atoms with E-state index in [1.54, 1.807) is 6.07 Å². The first-order valence-corrected chi connectivity index (χ1v) is 13.2. The third kappa shape index (κ3) is 2.22. The van der Waals surface area contributed by atoms with Crippen LogP contribution in [0.2, 0.25) is 0 Å². The molecular weight excluding hydrogens is 414 g/mol. The molecule has 2 unspecified atom stereocenters. The SMILES string of the molecule is CC(C)(C)C(C)(O)[C@H]1CC23CC[C@@]1(O)[C@@H]1Oc4c(O)ccc5c4[C@@]12CCN(CC1CC1)[C@@H]3C5. The van der Waals surface area contributed by atoms with Gasteiger partial charge in [-0.05, 0) is 81.4 Å². The molecule has 180 valence electrons. The highest BCUT2D eigenvalue weighted by Crippen LogP contribution is 2.77. The van der Waals surface area contributed by atoms with Crippen molar-refractivity contribution < 1.29 is 20.1 Å². The summed E-state index contributed by atoms with van der Waals surface area (Å²) in [6.07, 6.45) is 6.71. The third-order valence-corrected chi connectivity index (χ3v) is 11.5. The lowest BCUT2D eigenvalue weighted by Crippen LogP contribution is -2.82. The van der Waals surface area contributed by atoms with Crippen molar-refractivity contribution in [2.45, 2.75) is 101 Å². The number of hydrogen-bond acceptors (Lipinski definition) is 5. The minimum absolute atomic E-state index is 0.0404. The fraction of sp³-hybridized carbons (Fsp3) is 0.786. The Bertz CT molecular complexity index is 1040. The van der Waals surface area contributed by atoms with Gasteiger partial charge in [-0.15, -0.1) is 0 Å². The molecule has 7 aliphatic rings. The summed E-state index contributed by atoms with van der Waals surface area (Å²) >= 11 is 0. The quantitative estimate of drug-likeness (QED) is 0.650. The standard InChI is InChI=1S/C28H39NO4/c1-24(2,3)25(4,31)19-14-26-9-10-28(19,32)23-27(26)11-12-29(15-16-5-6-16)20(26)13-17-7-8-18(30)22(33-23)21(17)27/h7-8,16,19-20,23,30-32H,5-6,9-15H2,1-4H3/t19-,20-,23-,25?,26?,27+,28+/m1/s1. The summed E-state index contributed by atoms with van der Waals surface area (Å²) in [4.78, 5) is 2.77. The lowest BCUT2D eigenvalue weighted by atomic mass is 9.33. The van der Waals surface area contributed by atoms with Gasteiger partial charge in [0.1, 0.15) is 11.7 Å². The molecule has 2 spiro atoms. The molecule has 33 heavy (non-hydrogen) atoms. The molecule has 8 rings (SSSR count). The summed E-state index contributed by atoms with van der Waals surface area (Å²) in [7, 11) is 0. The predicted octanol–water partition coefficient (Wildman–Crippen LogP) is 3.76. The average Bonchev–Trinajstić information content (AvgIpc) is 3.48. The minimum Gasteiger partial charge on any atom is -0.504 e. The number of phenolic OH excluding ortho intramolecular Hbond substituents is 1. The molecule has 2 aliphatic heterocycles. The number of hydrogen-bond donors (Lipinski definition) is 3. The second-order valence-corrected chi connectivity index (χ2v) is 13.6. The average molecular weight is 454 g/mol. The van der Waals surface area contributed by atoms with E-state index >= 15 is 0 Å². The molecule has 2 heterocycles. The van der Waals surface area contributed by atoms with E-state index in [1.807, 2.05) is 6.92 Å². The fourth-order valence-corrected chi connectivity index (χ4v) is 9.26. The largest absolute Gasteiger partial charge is 0.504 e. The van der Waals surface area contributed by atoms with Gasteiger partial charge in [-0.1, -0.05) is 26.8 Å². The van der Waals surface area contributed by atoms with Crippen molar-refractivity contribution >= 4 is 0 Å². The molecule has 5 nitrogen and oxygen atoms in total. The maximum Gasteiger partial charge on any atom is 0.165 e. The van der Waals surface area contributed by atoms with Gasteiger partial charge in [-0.25, -0.2) is 0 Å². The molecule has 4 saturated carbocycles. The zero-order chi connectivity index (χ0) is 23.2. The van der Waals surface area contributed by atoms with Crippen LogP contribution in [0.1, 0.15) is 77.3 Å². The molecule has 0 radical (unpaired) electrons. The third-order valence-electron chi connectivity index (χ3n) is 11.5. The van der Waals surface area contributed by atoms with Gasteiger partial charge in [-0.3, -0.25) is 4.90 Å². The van der Waals surface area contributed by atoms with E-state index in [0.717, 1.165) is 38.1 Å². The zero-order valence-corrected chi connectivity index (χ0v) is 20.5. The van der Waals surface area contributed by atoms with Gasteiger partial charge in [0.25, 0.3) is 0 Å². The van der Waals surface area contributed by atoms with Crippen molar-refractivity contribution in [3.05, 3.63) is 23.3 Å². The van der Waals surface area contributed by atoms with Crippen LogP contribution in [-0.4, -0.2) is 56.7 Å². The fourth-order valence-electron chi connectivity index (χ4n) is 9.26. The first-order valence-electron chi connectivity index (χ1n) is 13.2. The second-order valence-electron chi connectivity index (χ2n) is 13.6. The smallest absolute Gasteiger partial charge is 0.165 e. The molecule has 1 saturated heterocycles. The molecule has 0 aromatic heterocycles. The number of aromatic hydroxyl groups is 1. The maximum absolute atomic E-state index is 12.5. The first kappa shape index (κ1) is 21.0. The van der Waals surface area contributed by atoms with E-state index in [4.69, 9.17) is 4.74 Å². The van der Waals surface area contributed by atoms with Crippen LogP contribution in [0.25, 0.3) is 0 Å². The molecule has 4 bridgehead atoms. The molecular formula is C28H39NO4. The summed E-state index contributed by atoms with van der Waals surface area (Å²) in [5.74, 6) is 1.39. The molecule has 7 atom stereocenters. The van der Waals surface area contributed by atoms with Crippen molar-refractivity contribution in [3.8, 4) is 11.5 Å². The summed E-state index contributed by atoms with van der Waals surface area (Å²) in [6.45, 7) is 10.4. The summed E-state index contributed by atoms with van der Waals surface area (Å²) in [5.41, 5.74) is -0.323. The van der Waals surface area contributed by atoms with Crippen LogP contribution in [0.3, 0.4) is 0 Å². The van der Waals surface area contributed by atoms with Gasteiger partial charge in [0.05, 0.1) is 5.60 Å². The Balaban J connectivity index is 1.46. The van der Waals surface area contributed by atoms with Crippen LogP contribution in [0.5, 0.6) is 11.5 Å². The zero-order valence-electron chi connectivity index (χ0n) is 20.5. The van der Waals surface area contributed by atoms with E-state index in [1.165, 1.54) is 30.5 Å². The van der Waals surface area contributed by atoms with Crippen molar-refractivity contribution in [2.75, 3.05) is 13.1 Å². The highest BCUT2D eigenvalue weighted by Gasteiger charge is 2.81. The number of likely N-dealkylation sites (tertiary alicyclic amines) is 1. The Morgan fingerprint density at radius 3 is 2.58 bits per heavy atom. The van der Waals surface area contributed by atoms with Gasteiger partial charge >= 0.3 is 0 Å². The van der Waals surface area contributed by atoms with Crippen LogP contribution in [0.4, 0.5) is 0 Å². The Morgan fingerprint density at radius 1 is 1.12 bits per heavy atom. The monoisotopic (exact) mass is 453 g/mol. The predicted molar refractivity (Wildman–Crippen MR) is 125 cm³/mol. The number of benzene rings is 1. The molecule has 3 N–H and O–H groups in total. The minimum atomic E-state index is -1.11. The van der Waals surface area contributed by atoms with Gasteiger partial charge in [0, 0.05) is 34.9 Å². The van der Waals surface area contributed by atoms with E-state index in [9.17, 15) is 15.3 Å². The second kappa shape index (κ2) is 5.91. The lowest BCUT2D eigenvalue weighted by Gasteiger charge is -2.75. The van der Waals surface area contributed by atoms with Crippen LogP contribution in [0, 0.1) is 22.7 Å². The number of piperidine rings is 1. The van der Waals surface area contributed by atoms with E-state index < -0.39 is 17.3 Å². The first-order chi connectivity index (χ1) is 15.5. The van der Waals surface area contributed by atoms with Crippen LogP contribution in [-0.2, 0) is 11.8 Å². The Kier molecular flexibility index (Phi) is 3.76. The highest BCUT2D eigenvalue weighted by atomic mass is 16.5. The van der Waals surface area contributed by atoms with E-state index in [0.29, 0.717) is 18.2 Å². The van der Waals surface area contributed by atoms with Crippen molar-refractivity contribution in [1.29, 1.82) is 0 Å². The van der Waals surface area contributed by atoms with E-state index in [-0.39, 0.29) is 27.9 Å². The van der Waals surface area contributed by atoms with Gasteiger partial charge in [-0.2, -0.15) is 0 Å². The molecule has 1 aromatic carbocycles. The maximum atomic E-state index is 12.5. The molecule has 5 aliphatic carbocycles. The summed E-state index contributed by atoms with van der Waals surface area (Å²) in [5, 5.41) is 35.3. The van der Waals surface area contributed by atoms with Gasteiger partial charge < -0.3 is 20.1 Å². The van der Waals surface area contributed by atoms with Crippen molar-refractivity contribution in [1.82, 2.24) is 4.90 Å². The normalized spacial score (nSPS) is 44.8. The van der Waals surface area contributed by atoms with Gasteiger partial charge in [0.15, 0.2) is 11.5 Å². The Hall–Kier alpha value is -1.30. The number of ether oxygens (including phenoxy) is 1. The molecule has 5 heteroatoms.